The largest absolute Gasteiger partial charge is 0.495 e. The van der Waals surface area contributed by atoms with E-state index in [2.05, 4.69) is 15.9 Å². The Morgan fingerprint density at radius 1 is 1.18 bits per heavy atom. The van der Waals surface area contributed by atoms with Gasteiger partial charge >= 0.3 is 10.1 Å². The summed E-state index contributed by atoms with van der Waals surface area (Å²) in [6.07, 6.45) is 0. The number of rotatable bonds is 5. The summed E-state index contributed by atoms with van der Waals surface area (Å²) in [6.45, 7) is 0. The lowest BCUT2D eigenvalue weighted by Gasteiger charge is -2.10. The molecule has 2 rings (SSSR count). The molecule has 0 spiro atoms. The van der Waals surface area contributed by atoms with E-state index in [1.807, 2.05) is 0 Å². The molecule has 2 aromatic carbocycles. The van der Waals surface area contributed by atoms with Crippen LogP contribution in [0, 0.1) is 10.1 Å². The van der Waals surface area contributed by atoms with E-state index in [0.29, 0.717) is 4.47 Å². The van der Waals surface area contributed by atoms with E-state index in [4.69, 9.17) is 8.92 Å². The van der Waals surface area contributed by atoms with Crippen LogP contribution in [0.5, 0.6) is 11.5 Å². The first kappa shape index (κ1) is 16.2. The highest BCUT2D eigenvalue weighted by molar-refractivity contribution is 9.10. The van der Waals surface area contributed by atoms with Gasteiger partial charge in [-0.05, 0) is 24.3 Å². The maximum atomic E-state index is 12.3. The maximum absolute atomic E-state index is 12.3. The predicted molar refractivity (Wildman–Crippen MR) is 81.6 cm³/mol. The molecule has 0 saturated heterocycles. The summed E-state index contributed by atoms with van der Waals surface area (Å²) in [5, 5.41) is 10.8. The number of non-ortho nitro benzene ring substituents is 1. The molecular weight excluding hydrogens is 378 g/mol. The highest BCUT2D eigenvalue weighted by Crippen LogP contribution is 2.31. The summed E-state index contributed by atoms with van der Waals surface area (Å²) in [5.41, 5.74) is -0.378. The lowest BCUT2D eigenvalue weighted by Crippen LogP contribution is -2.11. The van der Waals surface area contributed by atoms with Crippen LogP contribution >= 0.6 is 15.9 Å². The van der Waals surface area contributed by atoms with Crippen molar-refractivity contribution in [2.45, 2.75) is 4.90 Å². The van der Waals surface area contributed by atoms with E-state index in [9.17, 15) is 18.5 Å². The molecule has 116 valence electrons. The third-order valence-electron chi connectivity index (χ3n) is 2.63. The molecule has 0 aliphatic rings. The van der Waals surface area contributed by atoms with Crippen LogP contribution in [0.15, 0.2) is 51.8 Å². The quantitative estimate of drug-likeness (QED) is 0.444. The van der Waals surface area contributed by atoms with Crippen molar-refractivity contribution >= 4 is 31.7 Å². The second-order valence-corrected chi connectivity index (χ2v) is 6.52. The summed E-state index contributed by atoms with van der Waals surface area (Å²) < 4.78 is 35.2. The Labute approximate surface area is 134 Å². The summed E-state index contributed by atoms with van der Waals surface area (Å²) in [6, 6.07) is 9.46. The third kappa shape index (κ3) is 3.55. The zero-order chi connectivity index (χ0) is 16.3. The van der Waals surface area contributed by atoms with Crippen molar-refractivity contribution < 1.29 is 22.3 Å². The molecule has 0 N–H and O–H groups in total. The van der Waals surface area contributed by atoms with Gasteiger partial charge in [-0.3, -0.25) is 10.1 Å². The number of hydrogen-bond acceptors (Lipinski definition) is 6. The Bertz CT molecular complexity index is 821. The molecule has 0 aliphatic carbocycles. The van der Waals surface area contributed by atoms with Crippen molar-refractivity contribution in [2.24, 2.45) is 0 Å². The van der Waals surface area contributed by atoms with Gasteiger partial charge in [-0.25, -0.2) is 0 Å². The molecule has 0 amide bonds. The Morgan fingerprint density at radius 3 is 2.50 bits per heavy atom. The van der Waals surface area contributed by atoms with Crippen molar-refractivity contribution in [1.82, 2.24) is 0 Å². The number of benzene rings is 2. The van der Waals surface area contributed by atoms with Crippen molar-refractivity contribution in [3.63, 3.8) is 0 Å². The average molecular weight is 388 g/mol. The smallest absolute Gasteiger partial charge is 0.343 e. The zero-order valence-corrected chi connectivity index (χ0v) is 13.6. The standard InChI is InChI=1S/C13H10BrNO6S/c1-20-12-6-5-10(15(16)17)8-13(12)22(18,19)21-11-4-2-3-9(14)7-11/h2-8H,1H3. The van der Waals surface area contributed by atoms with E-state index in [-0.39, 0.29) is 17.2 Å². The Morgan fingerprint density at radius 2 is 1.91 bits per heavy atom. The van der Waals surface area contributed by atoms with Crippen molar-refractivity contribution in [1.29, 1.82) is 0 Å². The molecule has 0 unspecified atom stereocenters. The van der Waals surface area contributed by atoms with E-state index in [1.54, 1.807) is 12.1 Å². The van der Waals surface area contributed by atoms with Gasteiger partial charge < -0.3 is 8.92 Å². The van der Waals surface area contributed by atoms with Gasteiger partial charge in [0.2, 0.25) is 0 Å². The van der Waals surface area contributed by atoms with Crippen LogP contribution < -0.4 is 8.92 Å². The highest BCUT2D eigenvalue weighted by Gasteiger charge is 2.25. The second kappa shape index (κ2) is 6.32. The van der Waals surface area contributed by atoms with Crippen molar-refractivity contribution in [3.8, 4) is 11.5 Å². The maximum Gasteiger partial charge on any atom is 0.343 e. The molecule has 0 atom stereocenters. The number of hydrogen-bond donors (Lipinski definition) is 0. The van der Waals surface area contributed by atoms with E-state index in [0.717, 1.165) is 12.1 Å². The SMILES string of the molecule is COc1ccc([N+](=O)[O-])cc1S(=O)(=O)Oc1cccc(Br)c1. The molecule has 0 radical (unpaired) electrons. The fourth-order valence-electron chi connectivity index (χ4n) is 1.66. The predicted octanol–water partition coefficient (Wildman–Crippen LogP) is 3.13. The van der Waals surface area contributed by atoms with Crippen LogP contribution in [0.1, 0.15) is 0 Å². The van der Waals surface area contributed by atoms with Crippen molar-refractivity contribution in [2.75, 3.05) is 7.11 Å². The van der Waals surface area contributed by atoms with Crippen LogP contribution in [-0.2, 0) is 10.1 Å². The number of ether oxygens (including phenoxy) is 1. The monoisotopic (exact) mass is 387 g/mol. The molecule has 0 fully saturated rings. The van der Waals surface area contributed by atoms with E-state index >= 15 is 0 Å². The van der Waals surface area contributed by atoms with Gasteiger partial charge in [-0.15, -0.1) is 0 Å². The molecule has 9 heteroatoms. The van der Waals surface area contributed by atoms with Gasteiger partial charge in [0, 0.05) is 16.6 Å². The fourth-order valence-corrected chi connectivity index (χ4v) is 3.15. The lowest BCUT2D eigenvalue weighted by atomic mass is 10.3. The Kier molecular flexibility index (Phi) is 4.67. The molecule has 0 saturated carbocycles. The lowest BCUT2D eigenvalue weighted by molar-refractivity contribution is -0.385. The van der Waals surface area contributed by atoms with Crippen LogP contribution in [-0.4, -0.2) is 20.5 Å². The molecule has 0 heterocycles. The van der Waals surface area contributed by atoms with Crippen LogP contribution in [0.25, 0.3) is 0 Å². The summed E-state index contributed by atoms with van der Waals surface area (Å²) in [4.78, 5) is 9.70. The van der Waals surface area contributed by atoms with Gasteiger partial charge in [0.25, 0.3) is 5.69 Å². The van der Waals surface area contributed by atoms with Gasteiger partial charge in [-0.2, -0.15) is 8.42 Å². The minimum atomic E-state index is -4.28. The number of methoxy groups -OCH3 is 1. The number of nitrogens with zero attached hydrogens (tertiary/aromatic N) is 1. The number of nitro groups is 1. The molecule has 22 heavy (non-hydrogen) atoms. The van der Waals surface area contributed by atoms with Gasteiger partial charge in [0.05, 0.1) is 12.0 Å². The Balaban J connectivity index is 2.48. The van der Waals surface area contributed by atoms with Gasteiger partial charge in [-0.1, -0.05) is 22.0 Å². The Hall–Kier alpha value is -2.13. The molecule has 0 bridgehead atoms. The average Bonchev–Trinajstić information content (AvgIpc) is 2.46. The van der Waals surface area contributed by atoms with Gasteiger partial charge in [0.15, 0.2) is 4.90 Å². The first-order valence-corrected chi connectivity index (χ1v) is 8.06. The summed E-state index contributed by atoms with van der Waals surface area (Å²) in [7, 11) is -3.02. The zero-order valence-electron chi connectivity index (χ0n) is 11.2. The van der Waals surface area contributed by atoms with Crippen LogP contribution in [0.4, 0.5) is 5.69 Å². The minimum Gasteiger partial charge on any atom is -0.495 e. The minimum absolute atomic E-state index is 0.0411. The summed E-state index contributed by atoms with van der Waals surface area (Å²) in [5.74, 6) is 0.0310. The third-order valence-corrected chi connectivity index (χ3v) is 4.39. The highest BCUT2D eigenvalue weighted by atomic mass is 79.9. The van der Waals surface area contributed by atoms with Gasteiger partial charge in [0.1, 0.15) is 11.5 Å². The molecule has 0 aliphatic heterocycles. The fraction of sp³-hybridized carbons (Fsp3) is 0.0769. The van der Waals surface area contributed by atoms with Crippen molar-refractivity contribution in [3.05, 3.63) is 57.1 Å². The summed E-state index contributed by atoms with van der Waals surface area (Å²) >= 11 is 3.20. The first-order chi connectivity index (χ1) is 10.3. The molecule has 0 aromatic heterocycles. The first-order valence-electron chi connectivity index (χ1n) is 5.86. The number of halogens is 1. The second-order valence-electron chi connectivity index (χ2n) is 4.09. The molecule has 2 aromatic rings. The van der Waals surface area contributed by atoms with Crippen LogP contribution in [0.2, 0.25) is 0 Å². The molecular formula is C13H10BrNO6S. The number of nitro benzene ring substituents is 1. The van der Waals surface area contributed by atoms with Crippen LogP contribution in [0.3, 0.4) is 0 Å². The molecule has 7 nitrogen and oxygen atoms in total. The van der Waals surface area contributed by atoms with E-state index < -0.39 is 19.9 Å². The normalized spacial score (nSPS) is 11.0. The van der Waals surface area contributed by atoms with E-state index in [1.165, 1.54) is 25.3 Å². The topological polar surface area (TPSA) is 95.7 Å².